The molecule has 1 aliphatic carbocycles. The Morgan fingerprint density at radius 3 is 2.62 bits per heavy atom. The Balaban J connectivity index is 1.61. The summed E-state index contributed by atoms with van der Waals surface area (Å²) in [6.45, 7) is 4.42. The minimum Gasteiger partial charge on any atom is -0.497 e. The van der Waals surface area contributed by atoms with Gasteiger partial charge in [0, 0.05) is 43.3 Å². The third-order valence-electron chi connectivity index (χ3n) is 7.00. The van der Waals surface area contributed by atoms with Crippen LogP contribution >= 0.6 is 0 Å². The molecule has 0 bridgehead atoms. The fourth-order valence-electron chi connectivity index (χ4n) is 4.30. The molecule has 2 aliphatic rings. The van der Waals surface area contributed by atoms with Gasteiger partial charge in [0.2, 0.25) is 11.8 Å². The fourth-order valence-corrected chi connectivity index (χ4v) is 4.30. The van der Waals surface area contributed by atoms with E-state index in [4.69, 9.17) is 9.47 Å². The molecular weight excluding hydrogens is 470 g/mol. The third kappa shape index (κ3) is 6.60. The van der Waals surface area contributed by atoms with Crippen LogP contribution in [0.1, 0.15) is 54.6 Å². The zero-order valence-corrected chi connectivity index (χ0v) is 21.9. The van der Waals surface area contributed by atoms with Crippen molar-refractivity contribution >= 4 is 11.8 Å². The summed E-state index contributed by atoms with van der Waals surface area (Å²) in [6, 6.07) is 8.69. The van der Waals surface area contributed by atoms with Crippen molar-refractivity contribution in [2.45, 2.75) is 45.3 Å². The smallest absolute Gasteiger partial charge is 0.259 e. The lowest BCUT2D eigenvalue weighted by atomic mass is 9.99. The van der Waals surface area contributed by atoms with Gasteiger partial charge in [0.15, 0.2) is 0 Å². The van der Waals surface area contributed by atoms with Crippen LogP contribution in [0.3, 0.4) is 0 Å². The van der Waals surface area contributed by atoms with Crippen molar-refractivity contribution in [2.24, 2.45) is 11.8 Å². The van der Waals surface area contributed by atoms with Crippen molar-refractivity contribution in [1.82, 2.24) is 14.8 Å². The normalized spacial score (nSPS) is 19.9. The highest BCUT2D eigenvalue weighted by molar-refractivity contribution is 5.97. The number of hydrogen-bond donors (Lipinski definition) is 1. The Bertz CT molecular complexity index is 1180. The molecule has 2 heterocycles. The molecule has 0 spiro atoms. The SMILES string of the molecule is COc1ccc(C#Cc2cnc3c(c2)C(=O)N([C@H](C)CO)C[C@H](C)[C@H](CN(C)C(=O)CC2CC2)O3)cc1. The standard InChI is InChI=1S/C29H35N3O5/c1-19-16-32(20(2)18-33)29(35)25-13-23(8-5-21-9-11-24(36-4)12-10-21)15-30-28(25)37-26(19)17-31(3)27(34)14-22-6-7-22/h9-13,15,19-20,22,26,33H,6-7,14,16-18H2,1-4H3/t19-,20+,26-/m0/s1. The van der Waals surface area contributed by atoms with E-state index in [1.54, 1.807) is 36.2 Å². The monoisotopic (exact) mass is 505 g/mol. The van der Waals surface area contributed by atoms with Gasteiger partial charge in [0.05, 0.1) is 26.3 Å². The molecule has 1 saturated carbocycles. The molecular formula is C29H35N3O5. The van der Waals surface area contributed by atoms with Crippen LogP contribution in [0.4, 0.5) is 0 Å². The van der Waals surface area contributed by atoms with E-state index in [0.717, 1.165) is 24.2 Å². The lowest BCUT2D eigenvalue weighted by Gasteiger charge is -2.37. The highest BCUT2D eigenvalue weighted by atomic mass is 16.5. The second-order valence-electron chi connectivity index (χ2n) is 10.1. The first-order valence-electron chi connectivity index (χ1n) is 12.8. The van der Waals surface area contributed by atoms with Gasteiger partial charge in [0.1, 0.15) is 17.4 Å². The fraction of sp³-hybridized carbons (Fsp3) is 0.483. The van der Waals surface area contributed by atoms with Gasteiger partial charge in [-0.3, -0.25) is 9.59 Å². The first-order valence-corrected chi connectivity index (χ1v) is 12.8. The predicted molar refractivity (Wildman–Crippen MR) is 139 cm³/mol. The number of likely N-dealkylation sites (N-methyl/N-ethyl adjacent to an activating group) is 1. The minimum absolute atomic E-state index is 0.0846. The van der Waals surface area contributed by atoms with E-state index in [-0.39, 0.29) is 42.4 Å². The van der Waals surface area contributed by atoms with Crippen molar-refractivity contribution in [3.8, 4) is 23.5 Å². The number of carbonyl (C=O) groups is 2. The quantitative estimate of drug-likeness (QED) is 0.582. The van der Waals surface area contributed by atoms with E-state index < -0.39 is 0 Å². The summed E-state index contributed by atoms with van der Waals surface area (Å²) in [6.07, 6.45) is 4.03. The summed E-state index contributed by atoms with van der Waals surface area (Å²) in [5, 5.41) is 9.85. The van der Waals surface area contributed by atoms with E-state index >= 15 is 0 Å². The molecule has 0 saturated heterocycles. The van der Waals surface area contributed by atoms with E-state index in [9.17, 15) is 14.7 Å². The summed E-state index contributed by atoms with van der Waals surface area (Å²) >= 11 is 0. The number of aliphatic hydroxyl groups is 1. The average Bonchev–Trinajstić information content (AvgIpc) is 3.73. The molecule has 1 N–H and O–H groups in total. The second kappa shape index (κ2) is 11.7. The van der Waals surface area contributed by atoms with Crippen LogP contribution in [0.2, 0.25) is 0 Å². The van der Waals surface area contributed by atoms with Gasteiger partial charge in [-0.05, 0) is 56.0 Å². The first-order chi connectivity index (χ1) is 17.8. The van der Waals surface area contributed by atoms with Crippen LogP contribution in [0.5, 0.6) is 11.6 Å². The van der Waals surface area contributed by atoms with Gasteiger partial charge in [-0.15, -0.1) is 0 Å². The number of hydrogen-bond acceptors (Lipinski definition) is 6. The molecule has 3 atom stereocenters. The number of aromatic nitrogens is 1. The molecule has 4 rings (SSSR count). The Kier molecular flexibility index (Phi) is 8.34. The van der Waals surface area contributed by atoms with Crippen LogP contribution in [0.25, 0.3) is 0 Å². The van der Waals surface area contributed by atoms with Gasteiger partial charge in [-0.1, -0.05) is 18.8 Å². The molecule has 0 radical (unpaired) electrons. The molecule has 0 unspecified atom stereocenters. The maximum absolute atomic E-state index is 13.6. The number of nitrogens with zero attached hydrogens (tertiary/aromatic N) is 3. The Morgan fingerprint density at radius 2 is 1.97 bits per heavy atom. The van der Waals surface area contributed by atoms with Crippen molar-refractivity contribution in [3.63, 3.8) is 0 Å². The van der Waals surface area contributed by atoms with Gasteiger partial charge in [-0.25, -0.2) is 4.98 Å². The van der Waals surface area contributed by atoms with Gasteiger partial charge >= 0.3 is 0 Å². The van der Waals surface area contributed by atoms with Crippen LogP contribution in [-0.2, 0) is 4.79 Å². The number of fused-ring (bicyclic) bond motifs is 1. The molecule has 2 amide bonds. The van der Waals surface area contributed by atoms with Crippen molar-refractivity contribution < 1.29 is 24.2 Å². The number of carbonyl (C=O) groups excluding carboxylic acids is 2. The van der Waals surface area contributed by atoms with Crippen molar-refractivity contribution in [2.75, 3.05) is 33.9 Å². The number of aliphatic hydroxyl groups excluding tert-OH is 1. The lowest BCUT2D eigenvalue weighted by Crippen LogP contribution is -2.50. The summed E-state index contributed by atoms with van der Waals surface area (Å²) in [5.74, 6) is 7.39. The van der Waals surface area contributed by atoms with E-state index in [1.807, 2.05) is 38.1 Å². The molecule has 8 heteroatoms. The minimum atomic E-state index is -0.384. The number of methoxy groups -OCH3 is 1. The van der Waals surface area contributed by atoms with Crippen LogP contribution in [0.15, 0.2) is 36.5 Å². The largest absolute Gasteiger partial charge is 0.497 e. The summed E-state index contributed by atoms with van der Waals surface area (Å²) in [7, 11) is 3.41. The van der Waals surface area contributed by atoms with Crippen molar-refractivity contribution in [1.29, 1.82) is 0 Å². The third-order valence-corrected chi connectivity index (χ3v) is 7.00. The molecule has 1 aromatic carbocycles. The molecule has 37 heavy (non-hydrogen) atoms. The lowest BCUT2D eigenvalue weighted by molar-refractivity contribution is -0.131. The average molecular weight is 506 g/mol. The van der Waals surface area contributed by atoms with Gasteiger partial charge in [0.25, 0.3) is 5.91 Å². The van der Waals surface area contributed by atoms with Crippen molar-refractivity contribution in [3.05, 3.63) is 53.2 Å². The van der Waals surface area contributed by atoms with Crippen LogP contribution in [0, 0.1) is 23.7 Å². The number of pyridine rings is 1. The zero-order chi connectivity index (χ0) is 26.5. The number of rotatable bonds is 7. The summed E-state index contributed by atoms with van der Waals surface area (Å²) < 4.78 is 11.5. The molecule has 1 aliphatic heterocycles. The van der Waals surface area contributed by atoms with Crippen LogP contribution < -0.4 is 9.47 Å². The Hall–Kier alpha value is -3.57. The zero-order valence-electron chi connectivity index (χ0n) is 21.9. The number of ether oxygens (including phenoxy) is 2. The second-order valence-corrected chi connectivity index (χ2v) is 10.1. The molecule has 1 aromatic heterocycles. The Labute approximate surface area is 218 Å². The maximum Gasteiger partial charge on any atom is 0.259 e. The van der Waals surface area contributed by atoms with Crippen LogP contribution in [-0.4, -0.2) is 77.7 Å². The number of benzene rings is 1. The highest BCUT2D eigenvalue weighted by Crippen LogP contribution is 2.33. The van der Waals surface area contributed by atoms with E-state index in [1.165, 1.54) is 0 Å². The molecule has 8 nitrogen and oxygen atoms in total. The maximum atomic E-state index is 13.6. The number of amides is 2. The Morgan fingerprint density at radius 1 is 1.27 bits per heavy atom. The molecule has 196 valence electrons. The summed E-state index contributed by atoms with van der Waals surface area (Å²) in [4.78, 5) is 34.1. The molecule has 2 aromatic rings. The highest BCUT2D eigenvalue weighted by Gasteiger charge is 2.35. The predicted octanol–water partition coefficient (Wildman–Crippen LogP) is 2.97. The first kappa shape index (κ1) is 26.5. The summed E-state index contributed by atoms with van der Waals surface area (Å²) in [5.41, 5.74) is 1.68. The van der Waals surface area contributed by atoms with E-state index in [2.05, 4.69) is 16.8 Å². The topological polar surface area (TPSA) is 92.2 Å². The van der Waals surface area contributed by atoms with Gasteiger partial charge < -0.3 is 24.4 Å². The van der Waals surface area contributed by atoms with Gasteiger partial charge in [-0.2, -0.15) is 0 Å². The van der Waals surface area contributed by atoms with E-state index in [0.29, 0.717) is 36.6 Å². The molecule has 1 fully saturated rings.